The van der Waals surface area contributed by atoms with Gasteiger partial charge in [0.1, 0.15) is 16.9 Å². The van der Waals surface area contributed by atoms with Crippen molar-refractivity contribution in [3.8, 4) is 5.75 Å². The molecule has 1 fully saturated rings. The fraction of sp³-hybridized carbons (Fsp3) is 0.500. The molecule has 1 amide bonds. The number of rotatable bonds is 5. The Hall–Kier alpha value is -2.34. The maximum Gasteiger partial charge on any atom is 0.349 e. The Morgan fingerprint density at radius 2 is 2.15 bits per heavy atom. The molecule has 6 heteroatoms. The molecule has 26 heavy (non-hydrogen) atoms. The van der Waals surface area contributed by atoms with Crippen molar-refractivity contribution in [3.63, 3.8) is 0 Å². The largest absolute Gasteiger partial charge is 0.493 e. The summed E-state index contributed by atoms with van der Waals surface area (Å²) in [6.07, 6.45) is 0.880. The van der Waals surface area contributed by atoms with Crippen molar-refractivity contribution in [1.82, 2.24) is 4.90 Å². The van der Waals surface area contributed by atoms with Gasteiger partial charge >= 0.3 is 5.63 Å². The van der Waals surface area contributed by atoms with Crippen LogP contribution in [0.1, 0.15) is 37.6 Å². The van der Waals surface area contributed by atoms with Gasteiger partial charge < -0.3 is 18.8 Å². The Morgan fingerprint density at radius 1 is 1.35 bits per heavy atom. The van der Waals surface area contributed by atoms with E-state index in [0.717, 1.165) is 6.42 Å². The van der Waals surface area contributed by atoms with Crippen molar-refractivity contribution >= 4 is 16.9 Å². The second-order valence-corrected chi connectivity index (χ2v) is 6.90. The normalized spacial score (nSPS) is 17.7. The quantitative estimate of drug-likeness (QED) is 0.768. The third kappa shape index (κ3) is 3.90. The fourth-order valence-electron chi connectivity index (χ4n) is 2.98. The zero-order valence-corrected chi connectivity index (χ0v) is 15.5. The summed E-state index contributed by atoms with van der Waals surface area (Å²) >= 11 is 0. The lowest BCUT2D eigenvalue weighted by Gasteiger charge is -2.34. The molecule has 1 aliphatic rings. The Bertz CT molecular complexity index is 842. The molecule has 0 radical (unpaired) electrons. The molecule has 6 nitrogen and oxygen atoms in total. The van der Waals surface area contributed by atoms with Crippen LogP contribution in [0.25, 0.3) is 11.0 Å². The van der Waals surface area contributed by atoms with E-state index < -0.39 is 5.63 Å². The first-order valence-electron chi connectivity index (χ1n) is 9.11. The topological polar surface area (TPSA) is 69.0 Å². The van der Waals surface area contributed by atoms with E-state index in [1.165, 1.54) is 0 Å². The molecule has 3 rings (SSSR count). The first kappa shape index (κ1) is 18.5. The smallest absolute Gasteiger partial charge is 0.349 e. The first-order valence-corrected chi connectivity index (χ1v) is 9.11. The van der Waals surface area contributed by atoms with Crippen LogP contribution >= 0.6 is 0 Å². The Kier molecular flexibility index (Phi) is 5.61. The van der Waals surface area contributed by atoms with Crippen LogP contribution in [0.5, 0.6) is 5.75 Å². The molecule has 1 aromatic carbocycles. The van der Waals surface area contributed by atoms with Crippen LogP contribution < -0.4 is 10.4 Å². The molecule has 0 bridgehead atoms. The lowest BCUT2D eigenvalue weighted by Crippen LogP contribution is -2.48. The van der Waals surface area contributed by atoms with E-state index in [2.05, 4.69) is 13.8 Å². The molecule has 1 aliphatic heterocycles. The summed E-state index contributed by atoms with van der Waals surface area (Å²) in [5.41, 5.74) is -0.144. The van der Waals surface area contributed by atoms with Crippen LogP contribution in [0, 0.1) is 5.92 Å². The van der Waals surface area contributed by atoms with Crippen LogP contribution in [-0.4, -0.2) is 43.2 Å². The maximum absolute atomic E-state index is 12.8. The minimum absolute atomic E-state index is 0.0153. The Morgan fingerprint density at radius 3 is 2.88 bits per heavy atom. The van der Waals surface area contributed by atoms with E-state index >= 15 is 0 Å². The molecule has 0 saturated carbocycles. The van der Waals surface area contributed by atoms with Crippen LogP contribution in [0.15, 0.2) is 33.5 Å². The van der Waals surface area contributed by atoms with Crippen molar-refractivity contribution in [3.05, 3.63) is 40.2 Å². The highest BCUT2D eigenvalue weighted by molar-refractivity contribution is 5.96. The number of ether oxygens (including phenoxy) is 2. The van der Waals surface area contributed by atoms with Gasteiger partial charge in [-0.25, -0.2) is 4.79 Å². The molecule has 0 aliphatic carbocycles. The fourth-order valence-corrected chi connectivity index (χ4v) is 2.98. The van der Waals surface area contributed by atoms with Gasteiger partial charge in [0.05, 0.1) is 19.3 Å². The molecule has 0 spiro atoms. The van der Waals surface area contributed by atoms with Gasteiger partial charge in [0.25, 0.3) is 5.91 Å². The van der Waals surface area contributed by atoms with Crippen molar-refractivity contribution in [2.75, 3.05) is 26.3 Å². The molecule has 1 saturated heterocycles. The molecule has 1 aromatic heterocycles. The van der Waals surface area contributed by atoms with Gasteiger partial charge in [-0.15, -0.1) is 0 Å². The van der Waals surface area contributed by atoms with Crippen molar-refractivity contribution < 1.29 is 18.7 Å². The summed E-state index contributed by atoms with van der Waals surface area (Å²) < 4.78 is 16.6. The number of carbonyl (C=O) groups is 1. The summed E-state index contributed by atoms with van der Waals surface area (Å²) in [4.78, 5) is 26.9. The van der Waals surface area contributed by atoms with E-state index in [0.29, 0.717) is 48.9 Å². The second-order valence-electron chi connectivity index (χ2n) is 6.90. The highest BCUT2D eigenvalue weighted by atomic mass is 16.5. The molecular formula is C20H25NO5. The zero-order chi connectivity index (χ0) is 18.7. The molecule has 140 valence electrons. The number of nitrogens with zero attached hydrogens (tertiary/aromatic N) is 1. The van der Waals surface area contributed by atoms with Gasteiger partial charge in [0.15, 0.2) is 0 Å². The predicted molar refractivity (Wildman–Crippen MR) is 98.8 cm³/mol. The van der Waals surface area contributed by atoms with E-state index in [4.69, 9.17) is 13.9 Å². The van der Waals surface area contributed by atoms with E-state index in [1.54, 1.807) is 23.1 Å². The lowest BCUT2D eigenvalue weighted by molar-refractivity contribution is -0.0421. The van der Waals surface area contributed by atoms with E-state index in [1.807, 2.05) is 13.0 Å². The zero-order valence-electron chi connectivity index (χ0n) is 15.5. The number of benzene rings is 1. The van der Waals surface area contributed by atoms with Crippen molar-refractivity contribution in [1.29, 1.82) is 0 Å². The highest BCUT2D eigenvalue weighted by Gasteiger charge is 2.28. The minimum atomic E-state index is -0.622. The summed E-state index contributed by atoms with van der Waals surface area (Å²) in [7, 11) is 0. The lowest BCUT2D eigenvalue weighted by atomic mass is 10.0. The Labute approximate surface area is 152 Å². The molecule has 1 atom stereocenters. The van der Waals surface area contributed by atoms with E-state index in [9.17, 15) is 9.59 Å². The predicted octanol–water partition coefficient (Wildman–Crippen LogP) is 3.08. The molecule has 0 N–H and O–H groups in total. The standard InChI is InChI=1S/C20H25NO5/c1-4-8-24-15-6-5-14-10-16(20(23)26-17(14)11-15)19(22)21-7-9-25-18(12-21)13(2)3/h5-6,10-11,13,18H,4,7-9,12H2,1-3H3. The second kappa shape index (κ2) is 7.91. The third-order valence-corrected chi connectivity index (χ3v) is 4.53. The van der Waals surface area contributed by atoms with Gasteiger partial charge in [0.2, 0.25) is 0 Å². The monoisotopic (exact) mass is 359 g/mol. The van der Waals surface area contributed by atoms with Gasteiger partial charge in [-0.2, -0.15) is 0 Å². The molecule has 2 aromatic rings. The van der Waals surface area contributed by atoms with E-state index in [-0.39, 0.29) is 17.6 Å². The van der Waals surface area contributed by atoms with Gasteiger partial charge in [-0.05, 0) is 30.5 Å². The van der Waals surface area contributed by atoms with Crippen LogP contribution in [-0.2, 0) is 4.74 Å². The minimum Gasteiger partial charge on any atom is -0.493 e. The van der Waals surface area contributed by atoms with Gasteiger partial charge in [-0.1, -0.05) is 20.8 Å². The molecule has 2 heterocycles. The SMILES string of the molecule is CCCOc1ccc2cc(C(=O)N3CCOC(C(C)C)C3)c(=O)oc2c1. The maximum atomic E-state index is 12.8. The number of fused-ring (bicyclic) bond motifs is 1. The van der Waals surface area contributed by atoms with Crippen LogP contribution in [0.3, 0.4) is 0 Å². The summed E-state index contributed by atoms with van der Waals surface area (Å²) in [6.45, 7) is 8.17. The molecule has 1 unspecified atom stereocenters. The Balaban J connectivity index is 1.86. The number of amides is 1. The van der Waals surface area contributed by atoms with Gasteiger partial charge in [-0.3, -0.25) is 4.79 Å². The van der Waals surface area contributed by atoms with Crippen LogP contribution in [0.4, 0.5) is 0 Å². The van der Waals surface area contributed by atoms with Crippen molar-refractivity contribution in [2.24, 2.45) is 5.92 Å². The summed E-state index contributed by atoms with van der Waals surface area (Å²) in [6, 6.07) is 6.91. The first-order chi connectivity index (χ1) is 12.5. The number of morpholine rings is 1. The highest BCUT2D eigenvalue weighted by Crippen LogP contribution is 2.22. The number of hydrogen-bond donors (Lipinski definition) is 0. The van der Waals surface area contributed by atoms with Gasteiger partial charge in [0, 0.05) is 24.5 Å². The summed E-state index contributed by atoms with van der Waals surface area (Å²) in [5, 5.41) is 0.700. The average molecular weight is 359 g/mol. The third-order valence-electron chi connectivity index (χ3n) is 4.53. The summed E-state index contributed by atoms with van der Waals surface area (Å²) in [5.74, 6) is 0.649. The molecular weight excluding hydrogens is 334 g/mol. The average Bonchev–Trinajstić information content (AvgIpc) is 2.65. The van der Waals surface area contributed by atoms with Crippen molar-refractivity contribution in [2.45, 2.75) is 33.3 Å². The number of hydrogen-bond acceptors (Lipinski definition) is 5. The number of carbonyl (C=O) groups excluding carboxylic acids is 1. The van der Waals surface area contributed by atoms with Crippen LogP contribution in [0.2, 0.25) is 0 Å².